The van der Waals surface area contributed by atoms with Crippen molar-refractivity contribution in [1.82, 2.24) is 15.3 Å². The van der Waals surface area contributed by atoms with E-state index in [9.17, 15) is 4.79 Å². The summed E-state index contributed by atoms with van der Waals surface area (Å²) in [5, 5.41) is 11.9. The Morgan fingerprint density at radius 3 is 2.27 bits per heavy atom. The van der Waals surface area contributed by atoms with E-state index in [0.29, 0.717) is 42.0 Å². The Hall–Kier alpha value is -4.21. The number of nitrogens with zero attached hydrogens (tertiary/aromatic N) is 2. The van der Waals surface area contributed by atoms with E-state index in [2.05, 4.69) is 31.2 Å². The molecule has 33 heavy (non-hydrogen) atoms. The van der Waals surface area contributed by atoms with Crippen molar-refractivity contribution in [3.8, 4) is 17.2 Å². The predicted octanol–water partition coefficient (Wildman–Crippen LogP) is 3.79. The van der Waals surface area contributed by atoms with Crippen molar-refractivity contribution in [2.45, 2.75) is 6.92 Å². The molecular formula is C23H28N6O4. The van der Waals surface area contributed by atoms with Crippen LogP contribution in [0.15, 0.2) is 48.5 Å². The molecule has 1 aromatic heterocycles. The Balaban J connectivity index is 1.48. The van der Waals surface area contributed by atoms with Gasteiger partial charge in [-0.3, -0.25) is 0 Å². The van der Waals surface area contributed by atoms with Gasteiger partial charge in [-0.05, 0) is 43.3 Å². The van der Waals surface area contributed by atoms with Gasteiger partial charge in [-0.15, -0.1) is 0 Å². The van der Waals surface area contributed by atoms with Gasteiger partial charge in [0.1, 0.15) is 11.6 Å². The number of benzene rings is 2. The number of hydrogen-bond donors (Lipinski definition) is 4. The van der Waals surface area contributed by atoms with Crippen LogP contribution >= 0.6 is 0 Å². The molecule has 0 radical (unpaired) electrons. The summed E-state index contributed by atoms with van der Waals surface area (Å²) in [6.45, 7) is 2.71. The number of carbonyl (C=O) groups is 1. The molecule has 0 atom stereocenters. The van der Waals surface area contributed by atoms with Gasteiger partial charge in [-0.2, -0.15) is 4.98 Å². The van der Waals surface area contributed by atoms with Crippen LogP contribution < -0.4 is 35.5 Å². The van der Waals surface area contributed by atoms with Gasteiger partial charge in [-0.1, -0.05) is 0 Å². The monoisotopic (exact) mass is 452 g/mol. The Morgan fingerprint density at radius 2 is 1.58 bits per heavy atom. The molecule has 0 aliphatic carbocycles. The summed E-state index contributed by atoms with van der Waals surface area (Å²) in [4.78, 5) is 21.0. The molecule has 0 spiro atoms. The SMILES string of the molecule is COc1ccc(Nc2cc(C)nc(NCCNC(=O)Nc3ccc(OC)c(OC)c3)n2)cc1. The molecule has 2 aromatic carbocycles. The molecular weight excluding hydrogens is 424 g/mol. The average Bonchev–Trinajstić information content (AvgIpc) is 2.82. The van der Waals surface area contributed by atoms with Crippen molar-refractivity contribution >= 4 is 29.2 Å². The predicted molar refractivity (Wildman–Crippen MR) is 128 cm³/mol. The van der Waals surface area contributed by atoms with Crippen molar-refractivity contribution < 1.29 is 19.0 Å². The molecule has 10 nitrogen and oxygen atoms in total. The zero-order valence-corrected chi connectivity index (χ0v) is 19.1. The first-order valence-electron chi connectivity index (χ1n) is 10.3. The number of anilines is 4. The van der Waals surface area contributed by atoms with Crippen LogP contribution in [0.5, 0.6) is 17.2 Å². The molecule has 0 saturated carbocycles. The van der Waals surface area contributed by atoms with E-state index in [1.54, 1.807) is 39.5 Å². The number of aryl methyl sites for hydroxylation is 1. The van der Waals surface area contributed by atoms with E-state index < -0.39 is 0 Å². The minimum absolute atomic E-state index is 0.337. The van der Waals surface area contributed by atoms with E-state index in [-0.39, 0.29) is 6.03 Å². The van der Waals surface area contributed by atoms with E-state index in [0.717, 1.165) is 17.1 Å². The Labute approximate surface area is 192 Å². The number of amides is 2. The van der Waals surface area contributed by atoms with Gasteiger partial charge < -0.3 is 35.5 Å². The Kier molecular flexibility index (Phi) is 8.12. The second kappa shape index (κ2) is 11.4. The standard InChI is InChI=1S/C23H28N6O4/c1-15-13-21(27-16-5-8-18(31-2)9-6-16)29-22(26-15)24-11-12-25-23(30)28-17-7-10-19(32-3)20(14-17)33-4/h5-10,13-14H,11-12H2,1-4H3,(H2,25,28,30)(H2,24,26,27,29). The Morgan fingerprint density at radius 1 is 0.848 bits per heavy atom. The fourth-order valence-electron chi connectivity index (χ4n) is 2.97. The van der Waals surface area contributed by atoms with E-state index in [1.807, 2.05) is 37.3 Å². The molecule has 0 saturated heterocycles. The molecule has 0 aliphatic heterocycles. The van der Waals surface area contributed by atoms with Gasteiger partial charge in [-0.25, -0.2) is 9.78 Å². The highest BCUT2D eigenvalue weighted by molar-refractivity contribution is 5.89. The normalized spacial score (nSPS) is 10.2. The largest absolute Gasteiger partial charge is 0.497 e. The molecule has 3 aromatic rings. The minimum atomic E-state index is -0.337. The third kappa shape index (κ3) is 6.89. The molecule has 1 heterocycles. The number of ether oxygens (including phenoxy) is 3. The number of urea groups is 1. The van der Waals surface area contributed by atoms with Gasteiger partial charge in [0.25, 0.3) is 0 Å². The third-order valence-electron chi connectivity index (χ3n) is 4.55. The maximum absolute atomic E-state index is 12.2. The molecule has 0 bridgehead atoms. The molecule has 0 unspecified atom stereocenters. The summed E-state index contributed by atoms with van der Waals surface area (Å²) in [6.07, 6.45) is 0. The van der Waals surface area contributed by atoms with Crippen molar-refractivity contribution in [3.05, 3.63) is 54.2 Å². The van der Waals surface area contributed by atoms with Crippen molar-refractivity contribution in [2.24, 2.45) is 0 Å². The summed E-state index contributed by atoms with van der Waals surface area (Å²) in [5.74, 6) is 3.03. The maximum atomic E-state index is 12.2. The van der Waals surface area contributed by atoms with Gasteiger partial charge in [0.2, 0.25) is 5.95 Å². The van der Waals surface area contributed by atoms with E-state index in [1.165, 1.54) is 0 Å². The first-order valence-corrected chi connectivity index (χ1v) is 10.3. The van der Waals surface area contributed by atoms with Crippen LogP contribution in [0.2, 0.25) is 0 Å². The summed E-state index contributed by atoms with van der Waals surface area (Å²) < 4.78 is 15.6. The number of methoxy groups -OCH3 is 3. The van der Waals surface area contributed by atoms with Crippen LogP contribution in [0.3, 0.4) is 0 Å². The fraction of sp³-hybridized carbons (Fsp3) is 0.261. The third-order valence-corrected chi connectivity index (χ3v) is 4.55. The van der Waals surface area contributed by atoms with Crippen molar-refractivity contribution in [1.29, 1.82) is 0 Å². The number of aromatic nitrogens is 2. The topological polar surface area (TPSA) is 119 Å². The first kappa shape index (κ1) is 23.5. The highest BCUT2D eigenvalue weighted by Gasteiger charge is 2.08. The lowest BCUT2D eigenvalue weighted by molar-refractivity contribution is 0.252. The van der Waals surface area contributed by atoms with Crippen LogP contribution in [0.25, 0.3) is 0 Å². The van der Waals surface area contributed by atoms with Gasteiger partial charge >= 0.3 is 6.03 Å². The molecule has 3 rings (SSSR count). The smallest absolute Gasteiger partial charge is 0.319 e. The second-order valence-electron chi connectivity index (χ2n) is 6.95. The van der Waals surface area contributed by atoms with Crippen LogP contribution in [0, 0.1) is 6.92 Å². The van der Waals surface area contributed by atoms with Crippen LogP contribution in [-0.2, 0) is 0 Å². The summed E-state index contributed by atoms with van der Waals surface area (Å²) in [7, 11) is 4.72. The summed E-state index contributed by atoms with van der Waals surface area (Å²) >= 11 is 0. The van der Waals surface area contributed by atoms with Crippen molar-refractivity contribution in [3.63, 3.8) is 0 Å². The summed E-state index contributed by atoms with van der Waals surface area (Å²) in [6, 6.07) is 14.2. The van der Waals surface area contributed by atoms with Gasteiger partial charge in [0.05, 0.1) is 21.3 Å². The molecule has 4 N–H and O–H groups in total. The van der Waals surface area contributed by atoms with Crippen LogP contribution in [0.4, 0.5) is 27.9 Å². The lowest BCUT2D eigenvalue weighted by Crippen LogP contribution is -2.32. The molecule has 10 heteroatoms. The minimum Gasteiger partial charge on any atom is -0.497 e. The highest BCUT2D eigenvalue weighted by atomic mass is 16.5. The fourth-order valence-corrected chi connectivity index (χ4v) is 2.97. The zero-order chi connectivity index (χ0) is 23.6. The van der Waals surface area contributed by atoms with Crippen LogP contribution in [0.1, 0.15) is 5.69 Å². The lowest BCUT2D eigenvalue weighted by atomic mass is 10.3. The molecule has 0 fully saturated rings. The zero-order valence-electron chi connectivity index (χ0n) is 19.1. The number of carbonyl (C=O) groups excluding carboxylic acids is 1. The average molecular weight is 453 g/mol. The molecule has 0 aliphatic rings. The van der Waals surface area contributed by atoms with Gasteiger partial charge in [0, 0.05) is 42.3 Å². The number of hydrogen-bond acceptors (Lipinski definition) is 8. The summed E-state index contributed by atoms with van der Waals surface area (Å²) in [5.41, 5.74) is 2.28. The number of nitrogens with one attached hydrogen (secondary N) is 4. The van der Waals surface area contributed by atoms with E-state index in [4.69, 9.17) is 14.2 Å². The second-order valence-corrected chi connectivity index (χ2v) is 6.95. The Bertz CT molecular complexity index is 1080. The van der Waals surface area contributed by atoms with E-state index >= 15 is 0 Å². The first-order chi connectivity index (χ1) is 16.0. The quantitative estimate of drug-likeness (QED) is 0.343. The highest BCUT2D eigenvalue weighted by Crippen LogP contribution is 2.29. The van der Waals surface area contributed by atoms with Crippen molar-refractivity contribution in [2.75, 3.05) is 50.4 Å². The maximum Gasteiger partial charge on any atom is 0.319 e. The molecule has 174 valence electrons. The molecule has 2 amide bonds. The van der Waals surface area contributed by atoms with Gasteiger partial charge in [0.15, 0.2) is 11.5 Å². The van der Waals surface area contributed by atoms with Crippen LogP contribution in [-0.4, -0.2) is 50.4 Å². The lowest BCUT2D eigenvalue weighted by Gasteiger charge is -2.12. The number of rotatable bonds is 10.